The van der Waals surface area contributed by atoms with Crippen LogP contribution in [0.2, 0.25) is 5.04 Å². The van der Waals surface area contributed by atoms with Gasteiger partial charge in [0, 0.05) is 6.54 Å². The Morgan fingerprint density at radius 2 is 1.62 bits per heavy atom. The second-order valence-corrected chi connectivity index (χ2v) is 15.9. The average Bonchev–Trinajstić information content (AvgIpc) is 3.22. The highest BCUT2D eigenvalue weighted by Crippen LogP contribution is 2.39. The highest BCUT2D eigenvalue weighted by molar-refractivity contribution is 6.99. The van der Waals surface area contributed by atoms with E-state index < -0.39 is 49.9 Å². The Kier molecular flexibility index (Phi) is 8.91. The van der Waals surface area contributed by atoms with Gasteiger partial charge in [0.25, 0.3) is 13.9 Å². The lowest BCUT2D eigenvalue weighted by molar-refractivity contribution is -0.160. The zero-order valence-electron chi connectivity index (χ0n) is 23.4. The van der Waals surface area contributed by atoms with E-state index in [0.717, 1.165) is 15.4 Å². The van der Waals surface area contributed by atoms with E-state index in [4.69, 9.17) is 9.16 Å². The molecular weight excluding hydrogens is 536 g/mol. The summed E-state index contributed by atoms with van der Waals surface area (Å²) in [6.07, 6.45) is -3.91. The number of rotatable bonds is 9. The number of aromatic nitrogens is 2. The molecule has 3 aromatic rings. The summed E-state index contributed by atoms with van der Waals surface area (Å²) in [6, 6.07) is 18.6. The number of benzene rings is 2. The number of nitrogens with one attached hydrogen (secondary N) is 1. The first-order chi connectivity index (χ1) is 18.9. The summed E-state index contributed by atoms with van der Waals surface area (Å²) in [5, 5.41) is 13.5. The van der Waals surface area contributed by atoms with Crippen molar-refractivity contribution in [3.8, 4) is 0 Å². The second-order valence-electron chi connectivity index (χ2n) is 11.6. The van der Waals surface area contributed by atoms with Crippen LogP contribution in [0.25, 0.3) is 0 Å². The molecule has 1 fully saturated rings. The summed E-state index contributed by atoms with van der Waals surface area (Å²) in [6.45, 7) is 10.1. The number of hydrogen-bond acceptors (Lipinski definition) is 6. The van der Waals surface area contributed by atoms with Crippen molar-refractivity contribution in [1.29, 1.82) is 0 Å². The summed E-state index contributed by atoms with van der Waals surface area (Å²) < 4.78 is 43.8. The largest absolute Gasteiger partial charge is 0.405 e. The molecule has 40 heavy (non-hydrogen) atoms. The minimum Gasteiger partial charge on any atom is -0.405 e. The van der Waals surface area contributed by atoms with E-state index in [9.17, 15) is 19.2 Å². The van der Waals surface area contributed by atoms with Gasteiger partial charge in [-0.3, -0.25) is 14.3 Å². The third kappa shape index (κ3) is 5.75. The van der Waals surface area contributed by atoms with E-state index in [1.807, 2.05) is 79.5 Å². The van der Waals surface area contributed by atoms with Gasteiger partial charge in [0.2, 0.25) is 5.82 Å². The SMILES string of the molecule is CC(C)CN(O)[C@H]1[C@H](F)[C@@H](n2cc(F)c(=O)[nH]c2=O)O[C@@H]1CO[Si](c1ccccc1)(c1ccccc1)C(C)(C)C. The molecule has 2 heterocycles. The summed E-state index contributed by atoms with van der Waals surface area (Å²) in [7, 11) is -3.04. The molecule has 0 amide bonds. The summed E-state index contributed by atoms with van der Waals surface area (Å²) in [5.74, 6) is -1.26. The van der Waals surface area contributed by atoms with E-state index in [0.29, 0.717) is 10.8 Å². The van der Waals surface area contributed by atoms with Crippen molar-refractivity contribution in [2.45, 2.75) is 64.2 Å². The first kappa shape index (κ1) is 30.0. The van der Waals surface area contributed by atoms with Gasteiger partial charge in [-0.15, -0.1) is 0 Å². The molecular formula is C29H37F2N3O5Si. The second kappa shape index (κ2) is 11.9. The topological polar surface area (TPSA) is 96.8 Å². The Balaban J connectivity index is 1.77. The maximum Gasteiger partial charge on any atom is 0.330 e. The Bertz CT molecular complexity index is 1360. The highest BCUT2D eigenvalue weighted by atomic mass is 28.4. The van der Waals surface area contributed by atoms with Gasteiger partial charge in [-0.05, 0) is 21.3 Å². The molecule has 1 aliphatic rings. The maximum atomic E-state index is 16.1. The van der Waals surface area contributed by atoms with Gasteiger partial charge >= 0.3 is 5.69 Å². The zero-order valence-corrected chi connectivity index (χ0v) is 24.4. The van der Waals surface area contributed by atoms with Gasteiger partial charge in [-0.2, -0.15) is 9.45 Å². The predicted octanol–water partition coefficient (Wildman–Crippen LogP) is 3.20. The molecule has 1 aromatic heterocycles. The van der Waals surface area contributed by atoms with Crippen molar-refractivity contribution in [3.05, 3.63) is 93.5 Å². The maximum absolute atomic E-state index is 16.1. The fourth-order valence-electron chi connectivity index (χ4n) is 5.54. The Morgan fingerprint density at radius 3 is 2.12 bits per heavy atom. The molecule has 0 bridgehead atoms. The average molecular weight is 574 g/mol. The zero-order chi connectivity index (χ0) is 29.2. The van der Waals surface area contributed by atoms with Crippen LogP contribution in [0.5, 0.6) is 0 Å². The highest BCUT2D eigenvalue weighted by Gasteiger charge is 2.54. The summed E-state index contributed by atoms with van der Waals surface area (Å²) >= 11 is 0. The van der Waals surface area contributed by atoms with Crippen molar-refractivity contribution in [3.63, 3.8) is 0 Å². The van der Waals surface area contributed by atoms with Crippen molar-refractivity contribution >= 4 is 18.7 Å². The van der Waals surface area contributed by atoms with Crippen LogP contribution in [0, 0.1) is 11.7 Å². The number of halogens is 2. The third-order valence-electron chi connectivity index (χ3n) is 7.27. The molecule has 0 saturated carbocycles. The van der Waals surface area contributed by atoms with Crippen LogP contribution in [0.4, 0.5) is 8.78 Å². The lowest BCUT2D eigenvalue weighted by atomic mass is 10.1. The number of alkyl halides is 1. The number of hydrogen-bond donors (Lipinski definition) is 2. The van der Waals surface area contributed by atoms with Crippen LogP contribution < -0.4 is 21.6 Å². The third-order valence-corrected chi connectivity index (χ3v) is 12.3. The van der Waals surface area contributed by atoms with Crippen molar-refractivity contribution < 1.29 is 23.2 Å². The standard InChI is InChI=1S/C29H37F2N3O5Si/c1-19(2)16-34(37)25-23(39-27(24(25)31)33-17-22(30)26(35)32-28(33)36)18-38-40(29(3,4)5,20-12-8-6-9-13-20)21-14-10-7-11-15-21/h6-15,17,19,23-25,27,37H,16,18H2,1-5H3,(H,32,35,36)/t23-,24+,25-,27+/m1/s1. The van der Waals surface area contributed by atoms with Crippen LogP contribution in [0.3, 0.4) is 0 Å². The lowest BCUT2D eigenvalue weighted by Gasteiger charge is -2.44. The summed E-state index contributed by atoms with van der Waals surface area (Å²) in [4.78, 5) is 25.9. The van der Waals surface area contributed by atoms with Crippen LogP contribution in [0.1, 0.15) is 40.8 Å². The van der Waals surface area contributed by atoms with Crippen molar-refractivity contribution in [2.24, 2.45) is 5.92 Å². The first-order valence-electron chi connectivity index (χ1n) is 13.4. The van der Waals surface area contributed by atoms with Crippen LogP contribution >= 0.6 is 0 Å². The smallest absolute Gasteiger partial charge is 0.330 e. The molecule has 216 valence electrons. The molecule has 4 rings (SSSR count). The summed E-state index contributed by atoms with van der Waals surface area (Å²) in [5.41, 5.74) is -2.22. The number of aromatic amines is 1. The van der Waals surface area contributed by atoms with Gasteiger partial charge in [0.15, 0.2) is 12.4 Å². The van der Waals surface area contributed by atoms with Gasteiger partial charge in [-0.1, -0.05) is 95.3 Å². The molecule has 2 aromatic carbocycles. The molecule has 1 aliphatic heterocycles. The molecule has 8 nitrogen and oxygen atoms in total. The quantitative estimate of drug-likeness (QED) is 0.302. The monoisotopic (exact) mass is 573 g/mol. The van der Waals surface area contributed by atoms with E-state index in [1.165, 1.54) is 0 Å². The Hall–Kier alpha value is -2.96. The Labute approximate surface area is 233 Å². The molecule has 0 aliphatic carbocycles. The Morgan fingerprint density at radius 1 is 1.07 bits per heavy atom. The van der Waals surface area contributed by atoms with Crippen molar-refractivity contribution in [2.75, 3.05) is 13.2 Å². The van der Waals surface area contributed by atoms with Gasteiger partial charge in [-0.25, -0.2) is 9.18 Å². The fourth-order valence-corrected chi connectivity index (χ4v) is 10.1. The molecule has 2 N–H and O–H groups in total. The lowest BCUT2D eigenvalue weighted by Crippen LogP contribution is -2.67. The molecule has 4 atom stereocenters. The molecule has 0 radical (unpaired) electrons. The van der Waals surface area contributed by atoms with E-state index >= 15 is 4.39 Å². The van der Waals surface area contributed by atoms with Gasteiger partial charge in [0.05, 0.1) is 18.8 Å². The molecule has 0 unspecified atom stereocenters. The van der Waals surface area contributed by atoms with Gasteiger partial charge in [0.1, 0.15) is 6.10 Å². The first-order valence-corrected chi connectivity index (χ1v) is 15.3. The van der Waals surface area contributed by atoms with E-state index in [2.05, 4.69) is 20.8 Å². The number of hydroxylamine groups is 2. The molecule has 11 heteroatoms. The fraction of sp³-hybridized carbons (Fsp3) is 0.448. The number of ether oxygens (including phenoxy) is 1. The number of H-pyrrole nitrogens is 1. The van der Waals surface area contributed by atoms with Crippen LogP contribution in [-0.2, 0) is 9.16 Å². The molecule has 0 spiro atoms. The predicted molar refractivity (Wildman–Crippen MR) is 151 cm³/mol. The molecule has 1 saturated heterocycles. The van der Waals surface area contributed by atoms with Crippen LogP contribution in [0.15, 0.2) is 76.4 Å². The minimum atomic E-state index is -3.04. The number of nitrogens with zero attached hydrogens (tertiary/aromatic N) is 2. The van der Waals surface area contributed by atoms with E-state index in [-0.39, 0.29) is 24.1 Å². The van der Waals surface area contributed by atoms with Crippen molar-refractivity contribution in [1.82, 2.24) is 14.6 Å². The van der Waals surface area contributed by atoms with Gasteiger partial charge < -0.3 is 14.4 Å². The van der Waals surface area contributed by atoms with Crippen LogP contribution in [-0.4, -0.2) is 59.6 Å². The van der Waals surface area contributed by atoms with E-state index in [1.54, 1.807) is 0 Å². The minimum absolute atomic E-state index is 0.0113. The normalized spacial score (nSPS) is 21.9.